The number of aryl methyl sites for hydroxylation is 1. The Hall–Kier alpha value is -1.85. The Morgan fingerprint density at radius 3 is 2.67 bits per heavy atom. The van der Waals surface area contributed by atoms with Crippen molar-refractivity contribution in [2.45, 2.75) is 26.8 Å². The van der Waals surface area contributed by atoms with Crippen LogP contribution in [0.4, 0.5) is 0 Å². The van der Waals surface area contributed by atoms with E-state index in [0.717, 1.165) is 0 Å². The van der Waals surface area contributed by atoms with Crippen LogP contribution in [0, 0.1) is 5.92 Å². The molecule has 0 bridgehead atoms. The van der Waals surface area contributed by atoms with E-state index in [1.807, 2.05) is 13.8 Å². The maximum absolute atomic E-state index is 11.9. The summed E-state index contributed by atoms with van der Waals surface area (Å²) < 4.78 is 1.80. The summed E-state index contributed by atoms with van der Waals surface area (Å²) >= 11 is 0. The molecule has 0 spiro atoms. The summed E-state index contributed by atoms with van der Waals surface area (Å²) in [5.41, 5.74) is 0. The van der Waals surface area contributed by atoms with E-state index in [-0.39, 0.29) is 24.8 Å². The number of hydrogen-bond acceptors (Lipinski definition) is 3. The Labute approximate surface area is 106 Å². The number of aromatic nitrogens is 2. The van der Waals surface area contributed by atoms with Crippen molar-refractivity contribution in [3.63, 3.8) is 0 Å². The van der Waals surface area contributed by atoms with E-state index in [4.69, 9.17) is 5.11 Å². The van der Waals surface area contributed by atoms with Gasteiger partial charge in [-0.15, -0.1) is 0 Å². The van der Waals surface area contributed by atoms with E-state index in [1.165, 1.54) is 4.90 Å². The highest BCUT2D eigenvalue weighted by molar-refractivity contribution is 5.81. The molecule has 100 valence electrons. The van der Waals surface area contributed by atoms with Gasteiger partial charge in [-0.1, -0.05) is 13.8 Å². The number of imidazole rings is 1. The number of aliphatic carboxylic acids is 1. The normalized spacial score (nSPS) is 10.6. The third-order valence-corrected chi connectivity index (χ3v) is 2.41. The van der Waals surface area contributed by atoms with Crippen molar-refractivity contribution in [3.8, 4) is 0 Å². The number of amides is 1. The SMILES string of the molecule is CC(C)CN(CC(=O)O)C(=O)CCn1ccnc1. The molecule has 0 aliphatic rings. The molecule has 1 aromatic rings. The quantitative estimate of drug-likeness (QED) is 0.781. The zero-order valence-corrected chi connectivity index (χ0v) is 10.7. The van der Waals surface area contributed by atoms with E-state index >= 15 is 0 Å². The van der Waals surface area contributed by atoms with Gasteiger partial charge < -0.3 is 14.6 Å². The summed E-state index contributed by atoms with van der Waals surface area (Å²) in [6.45, 7) is 4.67. The molecule has 0 aliphatic carbocycles. The molecule has 1 amide bonds. The fourth-order valence-corrected chi connectivity index (χ4v) is 1.66. The van der Waals surface area contributed by atoms with Crippen LogP contribution in [0.5, 0.6) is 0 Å². The molecule has 6 heteroatoms. The monoisotopic (exact) mass is 253 g/mol. The van der Waals surface area contributed by atoms with Gasteiger partial charge in [0.1, 0.15) is 6.54 Å². The van der Waals surface area contributed by atoms with E-state index < -0.39 is 5.97 Å². The molecule has 0 fully saturated rings. The minimum absolute atomic E-state index is 0.139. The van der Waals surface area contributed by atoms with Crippen LogP contribution in [0.3, 0.4) is 0 Å². The fraction of sp³-hybridized carbons (Fsp3) is 0.583. The third-order valence-electron chi connectivity index (χ3n) is 2.41. The highest BCUT2D eigenvalue weighted by Gasteiger charge is 2.17. The van der Waals surface area contributed by atoms with Crippen LogP contribution in [0.25, 0.3) is 0 Å². The molecule has 1 heterocycles. The van der Waals surface area contributed by atoms with Crippen LogP contribution >= 0.6 is 0 Å². The molecule has 0 atom stereocenters. The van der Waals surface area contributed by atoms with Crippen molar-refractivity contribution in [1.29, 1.82) is 0 Å². The Bertz CT molecular complexity index is 387. The smallest absolute Gasteiger partial charge is 0.323 e. The minimum atomic E-state index is -0.980. The highest BCUT2D eigenvalue weighted by Crippen LogP contribution is 2.03. The third kappa shape index (κ3) is 4.99. The first-order valence-corrected chi connectivity index (χ1v) is 5.94. The Kier molecular flexibility index (Phi) is 5.35. The predicted octanol–water partition coefficient (Wildman–Crippen LogP) is 0.842. The average Bonchev–Trinajstić information content (AvgIpc) is 2.76. The van der Waals surface area contributed by atoms with Gasteiger partial charge in [0.15, 0.2) is 0 Å². The maximum atomic E-state index is 11.9. The molecular weight excluding hydrogens is 234 g/mol. The molecule has 1 N–H and O–H groups in total. The number of rotatable bonds is 7. The van der Waals surface area contributed by atoms with Crippen molar-refractivity contribution >= 4 is 11.9 Å². The second-order valence-electron chi connectivity index (χ2n) is 4.61. The molecule has 0 aliphatic heterocycles. The lowest BCUT2D eigenvalue weighted by atomic mass is 10.2. The van der Waals surface area contributed by atoms with Gasteiger partial charge in [-0.25, -0.2) is 4.98 Å². The van der Waals surface area contributed by atoms with Crippen LogP contribution in [0.15, 0.2) is 18.7 Å². The standard InChI is InChI=1S/C12H19N3O3/c1-10(2)7-15(8-12(17)18)11(16)3-5-14-6-4-13-9-14/h4,6,9-10H,3,5,7-8H2,1-2H3,(H,17,18). The van der Waals surface area contributed by atoms with Crippen molar-refractivity contribution in [3.05, 3.63) is 18.7 Å². The summed E-state index contributed by atoms with van der Waals surface area (Å²) in [6.07, 6.45) is 5.35. The summed E-state index contributed by atoms with van der Waals surface area (Å²) in [6, 6.07) is 0. The van der Waals surface area contributed by atoms with Crippen molar-refractivity contribution in [2.24, 2.45) is 5.92 Å². The lowest BCUT2D eigenvalue weighted by Gasteiger charge is -2.22. The zero-order valence-electron chi connectivity index (χ0n) is 10.7. The van der Waals surface area contributed by atoms with Crippen LogP contribution < -0.4 is 0 Å². The molecule has 6 nitrogen and oxygen atoms in total. The van der Waals surface area contributed by atoms with Crippen LogP contribution in [-0.2, 0) is 16.1 Å². The largest absolute Gasteiger partial charge is 0.480 e. The number of carboxylic acid groups (broad SMARTS) is 1. The first-order valence-electron chi connectivity index (χ1n) is 5.94. The van der Waals surface area contributed by atoms with Gasteiger partial charge in [0.05, 0.1) is 6.33 Å². The molecule has 1 rings (SSSR count). The predicted molar refractivity (Wildman–Crippen MR) is 65.9 cm³/mol. The summed E-state index contributed by atoms with van der Waals surface area (Å²) in [5.74, 6) is -0.868. The molecule has 1 aromatic heterocycles. The molecule has 0 aromatic carbocycles. The second-order valence-corrected chi connectivity index (χ2v) is 4.61. The highest BCUT2D eigenvalue weighted by atomic mass is 16.4. The average molecular weight is 253 g/mol. The van der Waals surface area contributed by atoms with Crippen LogP contribution in [0.2, 0.25) is 0 Å². The van der Waals surface area contributed by atoms with Gasteiger partial charge in [-0.05, 0) is 5.92 Å². The minimum Gasteiger partial charge on any atom is -0.480 e. The summed E-state index contributed by atoms with van der Waals surface area (Å²) in [7, 11) is 0. The van der Waals surface area contributed by atoms with E-state index in [9.17, 15) is 9.59 Å². The molecule has 18 heavy (non-hydrogen) atoms. The van der Waals surface area contributed by atoms with Crippen LogP contribution in [-0.4, -0.2) is 44.5 Å². The van der Waals surface area contributed by atoms with Gasteiger partial charge in [0.2, 0.25) is 5.91 Å². The van der Waals surface area contributed by atoms with Gasteiger partial charge >= 0.3 is 5.97 Å². The van der Waals surface area contributed by atoms with Crippen molar-refractivity contribution < 1.29 is 14.7 Å². The second kappa shape index (κ2) is 6.78. The Morgan fingerprint density at radius 1 is 1.44 bits per heavy atom. The first-order chi connectivity index (χ1) is 8.49. The molecule has 0 radical (unpaired) electrons. The zero-order chi connectivity index (χ0) is 13.5. The Morgan fingerprint density at radius 2 is 2.17 bits per heavy atom. The lowest BCUT2D eigenvalue weighted by molar-refractivity contribution is -0.144. The van der Waals surface area contributed by atoms with E-state index in [1.54, 1.807) is 23.3 Å². The molecule has 0 saturated carbocycles. The number of carboxylic acids is 1. The molecule has 0 saturated heterocycles. The number of nitrogens with zero attached hydrogens (tertiary/aromatic N) is 3. The number of carbonyl (C=O) groups is 2. The first kappa shape index (κ1) is 14.2. The summed E-state index contributed by atoms with van der Waals surface area (Å²) in [4.78, 5) is 27.9. The summed E-state index contributed by atoms with van der Waals surface area (Å²) in [5, 5.41) is 8.79. The van der Waals surface area contributed by atoms with E-state index in [0.29, 0.717) is 13.1 Å². The molecular formula is C12H19N3O3. The topological polar surface area (TPSA) is 75.4 Å². The lowest BCUT2D eigenvalue weighted by Crippen LogP contribution is -2.38. The van der Waals surface area contributed by atoms with E-state index in [2.05, 4.69) is 4.98 Å². The van der Waals surface area contributed by atoms with Gasteiger partial charge in [-0.2, -0.15) is 0 Å². The van der Waals surface area contributed by atoms with Crippen LogP contribution in [0.1, 0.15) is 20.3 Å². The van der Waals surface area contributed by atoms with Gasteiger partial charge in [-0.3, -0.25) is 9.59 Å². The van der Waals surface area contributed by atoms with Gasteiger partial charge in [0.25, 0.3) is 0 Å². The van der Waals surface area contributed by atoms with Gasteiger partial charge in [0, 0.05) is 31.9 Å². The molecule has 0 unspecified atom stereocenters. The maximum Gasteiger partial charge on any atom is 0.323 e. The number of carbonyl (C=O) groups excluding carboxylic acids is 1. The Balaban J connectivity index is 2.50. The fourth-order valence-electron chi connectivity index (χ4n) is 1.66. The van der Waals surface area contributed by atoms with Crippen molar-refractivity contribution in [2.75, 3.05) is 13.1 Å². The number of hydrogen-bond donors (Lipinski definition) is 1. The van der Waals surface area contributed by atoms with Crippen molar-refractivity contribution in [1.82, 2.24) is 14.5 Å².